The van der Waals surface area contributed by atoms with E-state index in [1.807, 2.05) is 31.6 Å². The van der Waals surface area contributed by atoms with Crippen LogP contribution in [0.4, 0.5) is 0 Å². The van der Waals surface area contributed by atoms with E-state index < -0.39 is 0 Å². The van der Waals surface area contributed by atoms with E-state index in [0.717, 1.165) is 19.6 Å². The molecule has 0 N–H and O–H groups in total. The maximum absolute atomic E-state index is 5.59. The van der Waals surface area contributed by atoms with Gasteiger partial charge in [0.15, 0.2) is 0 Å². The summed E-state index contributed by atoms with van der Waals surface area (Å²) in [6.07, 6.45) is 4.69. The molecule has 0 amide bonds. The molecule has 0 rings (SSSR count). The average molecular weight is 180 g/mol. The van der Waals surface area contributed by atoms with Crippen LogP contribution >= 0.6 is 0 Å². The van der Waals surface area contributed by atoms with Crippen LogP contribution in [0, 0.1) is 0 Å². The zero-order valence-corrected chi connectivity index (χ0v) is 9.56. The van der Waals surface area contributed by atoms with Crippen LogP contribution in [-0.2, 0) is 9.47 Å². The molecule has 0 bridgehead atoms. The van der Waals surface area contributed by atoms with Gasteiger partial charge >= 0.3 is 91.3 Å². The van der Waals surface area contributed by atoms with Gasteiger partial charge < -0.3 is 0 Å². The van der Waals surface area contributed by atoms with Crippen LogP contribution in [0.5, 0.6) is 0 Å². The Balaban J connectivity index is 3.76. The Morgan fingerprint density at radius 1 is 1.00 bits per heavy atom. The van der Waals surface area contributed by atoms with Crippen LogP contribution < -0.4 is 0 Å². The second kappa shape index (κ2) is 7.88. The Kier molecular flexibility index (Phi) is 8.19. The van der Waals surface area contributed by atoms with Gasteiger partial charge in [-0.05, 0) is 0 Å². The van der Waals surface area contributed by atoms with Crippen molar-refractivity contribution in [2.75, 3.05) is 13.2 Å². The molecule has 0 unspecified atom stereocenters. The quantitative estimate of drug-likeness (QED) is 0.324. The standard InChI is InChI=1S/C10H21O2.Li/c1-4-7-8-9-10(11-5-2)12-6-3;/h4-9H2,1-3H3;. The first-order valence-electron chi connectivity index (χ1n) is 5.46. The third-order valence-electron chi connectivity index (χ3n) is 2.13. The normalized spacial score (nSPS) is 12.1. The molecule has 2 nitrogen and oxygen atoms in total. The Morgan fingerprint density at radius 3 is 1.92 bits per heavy atom. The summed E-state index contributed by atoms with van der Waals surface area (Å²) in [6, 6.07) is 0. The minimum absolute atomic E-state index is 0.349. The van der Waals surface area contributed by atoms with Crippen molar-refractivity contribution in [3.8, 4) is 0 Å². The number of unbranched alkanes of at least 4 members (excludes halogenated alkanes) is 2. The topological polar surface area (TPSA) is 18.5 Å². The van der Waals surface area contributed by atoms with Crippen molar-refractivity contribution in [3.63, 3.8) is 0 Å². The van der Waals surface area contributed by atoms with Crippen molar-refractivity contribution in [2.24, 2.45) is 0 Å². The van der Waals surface area contributed by atoms with Gasteiger partial charge in [0.05, 0.1) is 0 Å². The van der Waals surface area contributed by atoms with Crippen LogP contribution in [-0.4, -0.2) is 35.4 Å². The summed E-state index contributed by atoms with van der Waals surface area (Å²) in [6.45, 7) is 7.68. The molecular weight excluding hydrogens is 159 g/mol. The van der Waals surface area contributed by atoms with Gasteiger partial charge in [0, 0.05) is 0 Å². The van der Waals surface area contributed by atoms with Crippen LogP contribution in [0.2, 0.25) is 0 Å². The van der Waals surface area contributed by atoms with Crippen molar-refractivity contribution in [2.45, 2.75) is 50.9 Å². The molecule has 0 saturated carbocycles. The summed E-state index contributed by atoms with van der Waals surface area (Å²) in [5, 5.41) is 0. The predicted octanol–water partition coefficient (Wildman–Crippen LogP) is 2.46. The molecule has 0 fully saturated rings. The van der Waals surface area contributed by atoms with Gasteiger partial charge in [-0.2, -0.15) is 0 Å². The van der Waals surface area contributed by atoms with Crippen molar-refractivity contribution < 1.29 is 9.47 Å². The molecule has 13 heavy (non-hydrogen) atoms. The first kappa shape index (κ1) is 13.5. The van der Waals surface area contributed by atoms with Gasteiger partial charge in [-0.25, -0.2) is 0 Å². The van der Waals surface area contributed by atoms with E-state index in [1.54, 1.807) is 0 Å². The molecule has 0 aliphatic carbocycles. The van der Waals surface area contributed by atoms with Gasteiger partial charge in [-0.15, -0.1) is 0 Å². The second-order valence-electron chi connectivity index (χ2n) is 3.46. The third-order valence-corrected chi connectivity index (χ3v) is 2.13. The minimum atomic E-state index is -0.349. The molecule has 0 atom stereocenters. The van der Waals surface area contributed by atoms with E-state index in [9.17, 15) is 0 Å². The molecular formula is C10H21LiO2. The first-order chi connectivity index (χ1) is 6.18. The zero-order chi connectivity index (χ0) is 10.2. The number of ether oxygens (including phenoxy) is 2. The summed E-state index contributed by atoms with van der Waals surface area (Å²) in [7, 11) is 0. The van der Waals surface area contributed by atoms with E-state index in [4.69, 9.17) is 9.47 Å². The van der Waals surface area contributed by atoms with Crippen LogP contribution in [0.1, 0.15) is 46.5 Å². The summed E-state index contributed by atoms with van der Waals surface area (Å²) in [5.41, 5.74) is 0. The maximum atomic E-state index is 5.59. The molecule has 0 radical (unpaired) electrons. The van der Waals surface area contributed by atoms with Crippen molar-refractivity contribution in [1.29, 1.82) is 0 Å². The summed E-state index contributed by atoms with van der Waals surface area (Å²) in [5.74, 6) is 0. The van der Waals surface area contributed by atoms with Gasteiger partial charge in [0.2, 0.25) is 0 Å². The molecule has 74 valence electrons. The number of hydrogen-bond donors (Lipinski definition) is 0. The Morgan fingerprint density at radius 2 is 1.54 bits per heavy atom. The Hall–Kier alpha value is 0.517. The molecule has 0 aliphatic rings. The van der Waals surface area contributed by atoms with Gasteiger partial charge in [0.25, 0.3) is 0 Å². The average Bonchev–Trinajstić information content (AvgIpc) is 2.05. The van der Waals surface area contributed by atoms with Gasteiger partial charge in [-0.3, -0.25) is 0 Å². The molecule has 0 aromatic carbocycles. The van der Waals surface area contributed by atoms with Gasteiger partial charge in [-0.1, -0.05) is 0 Å². The second-order valence-corrected chi connectivity index (χ2v) is 3.46. The molecule has 0 saturated heterocycles. The molecule has 3 heteroatoms. The molecule has 0 aromatic rings. The van der Waals surface area contributed by atoms with Crippen molar-refractivity contribution in [1.82, 2.24) is 0 Å². The number of rotatable bonds is 8. The van der Waals surface area contributed by atoms with E-state index in [-0.39, 0.29) is 4.46 Å². The summed E-state index contributed by atoms with van der Waals surface area (Å²) < 4.78 is 10.8. The van der Waals surface area contributed by atoms with Crippen LogP contribution in [0.15, 0.2) is 0 Å². The van der Waals surface area contributed by atoms with Crippen molar-refractivity contribution >= 4 is 17.7 Å². The molecule has 0 aromatic heterocycles. The number of hydrogen-bond acceptors (Lipinski definition) is 2. The summed E-state index contributed by atoms with van der Waals surface area (Å²) in [4.78, 5) is 0. The Labute approximate surface area is 91.6 Å². The fourth-order valence-corrected chi connectivity index (χ4v) is 1.49. The van der Waals surface area contributed by atoms with Crippen LogP contribution in [0.25, 0.3) is 0 Å². The molecule has 0 spiro atoms. The van der Waals surface area contributed by atoms with Crippen LogP contribution in [0.3, 0.4) is 0 Å². The zero-order valence-electron chi connectivity index (χ0n) is 9.56. The predicted molar refractivity (Wildman–Crippen MR) is 55.9 cm³/mol. The van der Waals surface area contributed by atoms with E-state index in [2.05, 4.69) is 6.92 Å². The van der Waals surface area contributed by atoms with E-state index in [0.29, 0.717) is 0 Å². The third kappa shape index (κ3) is 6.57. The van der Waals surface area contributed by atoms with E-state index >= 15 is 0 Å². The SMILES string of the molecule is [Li][C](CCCCC)(OCC)OCC. The van der Waals surface area contributed by atoms with Crippen molar-refractivity contribution in [3.05, 3.63) is 0 Å². The van der Waals surface area contributed by atoms with Gasteiger partial charge in [0.1, 0.15) is 0 Å². The fourth-order valence-electron chi connectivity index (χ4n) is 1.49. The first-order valence-corrected chi connectivity index (χ1v) is 5.46. The van der Waals surface area contributed by atoms with E-state index in [1.165, 1.54) is 19.3 Å². The molecule has 0 aliphatic heterocycles. The summed E-state index contributed by atoms with van der Waals surface area (Å²) >= 11 is 2.04. The molecule has 0 heterocycles. The monoisotopic (exact) mass is 180 g/mol. The Bertz CT molecular complexity index is 111. The fraction of sp³-hybridized carbons (Fsp3) is 1.00.